The van der Waals surface area contributed by atoms with E-state index in [1.165, 1.54) is 30.6 Å². The molecule has 2 unspecified atom stereocenters. The number of ether oxygens (including phenoxy) is 1. The number of fused-ring (bicyclic) bond motifs is 1. The number of alkyl carbamates (subject to hydrolysis) is 1. The zero-order valence-electron chi connectivity index (χ0n) is 15.7. The van der Waals surface area contributed by atoms with Crippen LogP contribution in [0.4, 0.5) is 4.79 Å². The molecular weight excluding hydrogens is 320 g/mol. The summed E-state index contributed by atoms with van der Waals surface area (Å²) in [4.78, 5) is 14.9. The molecule has 0 saturated carbocycles. The van der Waals surface area contributed by atoms with Gasteiger partial charge in [-0.15, -0.1) is 11.3 Å². The molecule has 2 atom stereocenters. The molecule has 1 aliphatic rings. The first-order chi connectivity index (χ1) is 11.3. The van der Waals surface area contributed by atoms with Crippen LogP contribution in [0, 0.1) is 0 Å². The summed E-state index contributed by atoms with van der Waals surface area (Å²) in [6.07, 6.45) is 5.66. The lowest BCUT2D eigenvalue weighted by molar-refractivity contribution is 0.0502. The Morgan fingerprint density at radius 2 is 2.04 bits per heavy atom. The Labute approximate surface area is 150 Å². The lowest BCUT2D eigenvalue weighted by atomic mass is 9.99. The van der Waals surface area contributed by atoms with E-state index >= 15 is 0 Å². The van der Waals surface area contributed by atoms with Gasteiger partial charge in [-0.2, -0.15) is 0 Å². The second-order valence-electron chi connectivity index (χ2n) is 7.69. The van der Waals surface area contributed by atoms with Crippen molar-refractivity contribution in [2.24, 2.45) is 0 Å². The molecule has 136 valence electrons. The maximum atomic E-state index is 11.9. The number of rotatable bonds is 6. The van der Waals surface area contributed by atoms with Gasteiger partial charge in [0.2, 0.25) is 0 Å². The third kappa shape index (κ3) is 5.78. The molecule has 5 heteroatoms. The van der Waals surface area contributed by atoms with Gasteiger partial charge >= 0.3 is 6.09 Å². The summed E-state index contributed by atoms with van der Waals surface area (Å²) in [5.41, 5.74) is 1.09. The van der Waals surface area contributed by atoms with Crippen molar-refractivity contribution >= 4 is 17.4 Å². The van der Waals surface area contributed by atoms with Crippen LogP contribution in [0.5, 0.6) is 0 Å². The van der Waals surface area contributed by atoms with E-state index in [9.17, 15) is 4.79 Å². The molecule has 1 heterocycles. The second-order valence-corrected chi connectivity index (χ2v) is 8.85. The van der Waals surface area contributed by atoms with Gasteiger partial charge in [-0.1, -0.05) is 6.92 Å². The van der Waals surface area contributed by atoms with Crippen molar-refractivity contribution in [3.05, 3.63) is 21.4 Å². The van der Waals surface area contributed by atoms with E-state index < -0.39 is 5.60 Å². The zero-order valence-corrected chi connectivity index (χ0v) is 16.5. The van der Waals surface area contributed by atoms with Crippen molar-refractivity contribution in [1.29, 1.82) is 0 Å². The molecule has 1 aromatic rings. The van der Waals surface area contributed by atoms with Gasteiger partial charge in [0.1, 0.15) is 5.60 Å². The summed E-state index contributed by atoms with van der Waals surface area (Å²) >= 11 is 1.95. The van der Waals surface area contributed by atoms with Gasteiger partial charge in [-0.25, -0.2) is 4.79 Å². The Morgan fingerprint density at radius 1 is 1.33 bits per heavy atom. The Balaban J connectivity index is 1.83. The minimum atomic E-state index is -0.459. The monoisotopic (exact) mass is 352 g/mol. The van der Waals surface area contributed by atoms with Crippen LogP contribution in [0.15, 0.2) is 6.07 Å². The quantitative estimate of drug-likeness (QED) is 0.788. The lowest BCUT2D eigenvalue weighted by Gasteiger charge is -2.24. The van der Waals surface area contributed by atoms with Gasteiger partial charge in [0.15, 0.2) is 0 Å². The van der Waals surface area contributed by atoms with Crippen LogP contribution in [0.1, 0.15) is 75.2 Å². The van der Waals surface area contributed by atoms with Crippen molar-refractivity contribution < 1.29 is 9.53 Å². The predicted molar refractivity (Wildman–Crippen MR) is 101 cm³/mol. The third-order valence-corrected chi connectivity index (χ3v) is 5.75. The third-order valence-electron chi connectivity index (χ3n) is 4.33. The normalized spacial score (nSPS) is 17.0. The smallest absolute Gasteiger partial charge is 0.407 e. The molecule has 1 aliphatic carbocycles. The number of nitrogens with one attached hydrogen (secondary N) is 2. The summed E-state index contributed by atoms with van der Waals surface area (Å²) in [7, 11) is 0. The highest BCUT2D eigenvalue weighted by molar-refractivity contribution is 7.12. The number of hydrogen-bond acceptors (Lipinski definition) is 4. The van der Waals surface area contributed by atoms with Crippen LogP contribution in [-0.4, -0.2) is 24.3 Å². The van der Waals surface area contributed by atoms with Crippen molar-refractivity contribution in [3.8, 4) is 0 Å². The van der Waals surface area contributed by atoms with Crippen LogP contribution in [0.25, 0.3) is 0 Å². The molecule has 2 N–H and O–H groups in total. The maximum absolute atomic E-state index is 11.9. The van der Waals surface area contributed by atoms with Crippen LogP contribution in [0.3, 0.4) is 0 Å². The second kappa shape index (κ2) is 8.34. The average Bonchev–Trinajstić information content (AvgIpc) is 2.93. The highest BCUT2D eigenvalue weighted by Crippen LogP contribution is 2.32. The zero-order chi connectivity index (χ0) is 17.7. The largest absolute Gasteiger partial charge is 0.444 e. The Hall–Kier alpha value is -1.07. The van der Waals surface area contributed by atoms with Crippen LogP contribution in [-0.2, 0) is 17.6 Å². The fourth-order valence-electron chi connectivity index (χ4n) is 2.92. The van der Waals surface area contributed by atoms with E-state index in [0.717, 1.165) is 13.0 Å². The van der Waals surface area contributed by atoms with E-state index in [-0.39, 0.29) is 12.1 Å². The topological polar surface area (TPSA) is 50.4 Å². The molecule has 0 saturated heterocycles. The van der Waals surface area contributed by atoms with E-state index in [1.54, 1.807) is 10.4 Å². The molecule has 2 rings (SSSR count). The van der Waals surface area contributed by atoms with Gasteiger partial charge in [0.05, 0.1) is 0 Å². The minimum absolute atomic E-state index is 0.0805. The minimum Gasteiger partial charge on any atom is -0.444 e. The number of amides is 1. The number of hydrogen-bond donors (Lipinski definition) is 2. The number of aryl methyl sites for hydroxylation is 2. The van der Waals surface area contributed by atoms with E-state index in [4.69, 9.17) is 4.74 Å². The summed E-state index contributed by atoms with van der Waals surface area (Å²) in [5.74, 6) is 0. The van der Waals surface area contributed by atoms with Gasteiger partial charge in [-0.05, 0) is 71.4 Å². The van der Waals surface area contributed by atoms with Gasteiger partial charge < -0.3 is 15.4 Å². The summed E-state index contributed by atoms with van der Waals surface area (Å²) in [6.45, 7) is 10.7. The SMILES string of the molecule is CCC(CNC(C)c1cc2c(s1)CCCC2)NC(=O)OC(C)(C)C. The summed E-state index contributed by atoms with van der Waals surface area (Å²) in [5, 5.41) is 6.53. The first kappa shape index (κ1) is 19.3. The Kier molecular flexibility index (Phi) is 6.70. The van der Waals surface area contributed by atoms with E-state index in [0.29, 0.717) is 6.04 Å². The fraction of sp³-hybridized carbons (Fsp3) is 0.737. The number of carbonyl (C=O) groups excluding carboxylic acids is 1. The standard InChI is InChI=1S/C19H32N2O2S/c1-6-15(21-18(22)23-19(3,4)5)12-20-13(2)17-11-14-9-7-8-10-16(14)24-17/h11,13,15,20H,6-10,12H2,1-5H3,(H,21,22). The lowest BCUT2D eigenvalue weighted by Crippen LogP contribution is -2.44. The predicted octanol–water partition coefficient (Wildman–Crippen LogP) is 4.58. The molecule has 0 aliphatic heterocycles. The van der Waals surface area contributed by atoms with Crippen molar-refractivity contribution in [2.75, 3.05) is 6.54 Å². The summed E-state index contributed by atoms with van der Waals surface area (Å²) < 4.78 is 5.34. The van der Waals surface area contributed by atoms with E-state index in [2.05, 4.69) is 30.5 Å². The Bertz CT molecular complexity index is 525. The number of thiophene rings is 1. The van der Waals surface area contributed by atoms with Crippen LogP contribution >= 0.6 is 11.3 Å². The highest BCUT2D eigenvalue weighted by atomic mass is 32.1. The first-order valence-corrected chi connectivity index (χ1v) is 9.94. The van der Waals surface area contributed by atoms with Crippen molar-refractivity contribution in [1.82, 2.24) is 10.6 Å². The summed E-state index contributed by atoms with van der Waals surface area (Å²) in [6, 6.07) is 2.77. The maximum Gasteiger partial charge on any atom is 0.407 e. The molecule has 0 aromatic carbocycles. The molecule has 0 radical (unpaired) electrons. The van der Waals surface area contributed by atoms with E-state index in [1.807, 2.05) is 32.1 Å². The molecular formula is C19H32N2O2S. The van der Waals surface area contributed by atoms with Gasteiger partial charge in [-0.3, -0.25) is 0 Å². The number of carbonyl (C=O) groups is 1. The fourth-order valence-corrected chi connectivity index (χ4v) is 4.20. The molecule has 0 spiro atoms. The van der Waals surface area contributed by atoms with Crippen LogP contribution < -0.4 is 10.6 Å². The molecule has 0 fully saturated rings. The van der Waals surface area contributed by atoms with Gasteiger partial charge in [0.25, 0.3) is 0 Å². The van der Waals surface area contributed by atoms with Crippen molar-refractivity contribution in [3.63, 3.8) is 0 Å². The molecule has 1 amide bonds. The Morgan fingerprint density at radius 3 is 2.67 bits per heavy atom. The highest BCUT2D eigenvalue weighted by Gasteiger charge is 2.20. The molecule has 24 heavy (non-hydrogen) atoms. The molecule has 0 bridgehead atoms. The van der Waals surface area contributed by atoms with Crippen molar-refractivity contribution in [2.45, 2.75) is 84.4 Å². The molecule has 1 aromatic heterocycles. The average molecular weight is 353 g/mol. The van der Waals surface area contributed by atoms with Crippen LogP contribution in [0.2, 0.25) is 0 Å². The molecule has 4 nitrogen and oxygen atoms in total. The van der Waals surface area contributed by atoms with Gasteiger partial charge in [0, 0.05) is 28.4 Å². The first-order valence-electron chi connectivity index (χ1n) is 9.13.